The van der Waals surface area contributed by atoms with Crippen molar-refractivity contribution in [2.24, 2.45) is 0 Å². The largest absolute Gasteiger partial charge is 0.489 e. The monoisotopic (exact) mass is 540 g/mol. The van der Waals surface area contributed by atoms with E-state index in [-0.39, 0.29) is 11.4 Å². The van der Waals surface area contributed by atoms with Crippen LogP contribution >= 0.6 is 15.9 Å². The summed E-state index contributed by atoms with van der Waals surface area (Å²) in [5.74, 6) is -0.170. The molecule has 0 atom stereocenters. The second-order valence-corrected chi connectivity index (χ2v) is 8.95. The molecule has 4 aromatic rings. The third-order valence-corrected chi connectivity index (χ3v) is 5.97. The quantitative estimate of drug-likeness (QED) is 0.188. The Balaban J connectivity index is 1.47. The van der Waals surface area contributed by atoms with Crippen LogP contribution in [0.4, 0.5) is 10.1 Å². The summed E-state index contributed by atoms with van der Waals surface area (Å²) in [4.78, 5) is 12.8. The van der Waals surface area contributed by atoms with E-state index in [2.05, 4.69) is 21.2 Å². The Morgan fingerprint density at radius 2 is 1.67 bits per heavy atom. The number of carbonyl (C=O) groups excluding carboxylic acids is 1. The molecule has 0 fully saturated rings. The summed E-state index contributed by atoms with van der Waals surface area (Å²) in [7, 11) is 0. The van der Waals surface area contributed by atoms with E-state index in [0.717, 1.165) is 15.6 Å². The number of benzene rings is 4. The molecule has 178 valence electrons. The van der Waals surface area contributed by atoms with Crippen molar-refractivity contribution >= 4 is 33.6 Å². The number of halogens is 2. The van der Waals surface area contributed by atoms with Crippen molar-refractivity contribution in [1.82, 2.24) is 0 Å². The van der Waals surface area contributed by atoms with Gasteiger partial charge in [0.05, 0.1) is 0 Å². The smallest absolute Gasteiger partial charge is 0.266 e. The predicted molar refractivity (Wildman–Crippen MR) is 143 cm³/mol. The first-order chi connectivity index (χ1) is 17.5. The van der Waals surface area contributed by atoms with Gasteiger partial charge in [-0.25, -0.2) is 4.39 Å². The fourth-order valence-corrected chi connectivity index (χ4v) is 3.96. The lowest BCUT2D eigenvalue weighted by molar-refractivity contribution is -0.112. The SMILES string of the molecule is N#C/C(=C\c1cc(Br)ccc1Cc1ccccc1F)C(=O)Nc1ccc(OCc2ccccc2)cc1. The molecule has 0 saturated heterocycles. The maximum absolute atomic E-state index is 14.2. The minimum absolute atomic E-state index is 0.0627. The molecule has 0 aromatic heterocycles. The van der Waals surface area contributed by atoms with Gasteiger partial charge < -0.3 is 10.1 Å². The zero-order valence-electron chi connectivity index (χ0n) is 19.2. The Kier molecular flexibility index (Phi) is 8.28. The van der Waals surface area contributed by atoms with E-state index in [4.69, 9.17) is 4.74 Å². The number of amides is 1. The van der Waals surface area contributed by atoms with Crippen LogP contribution in [0.25, 0.3) is 6.08 Å². The summed E-state index contributed by atoms with van der Waals surface area (Å²) < 4.78 is 20.8. The molecule has 0 unspecified atom stereocenters. The first kappa shape index (κ1) is 24.9. The summed E-state index contributed by atoms with van der Waals surface area (Å²) in [6.07, 6.45) is 1.85. The number of anilines is 1. The zero-order valence-corrected chi connectivity index (χ0v) is 20.8. The van der Waals surface area contributed by atoms with Crippen molar-refractivity contribution in [3.8, 4) is 11.8 Å². The molecule has 0 aliphatic heterocycles. The van der Waals surface area contributed by atoms with E-state index < -0.39 is 5.91 Å². The first-order valence-electron chi connectivity index (χ1n) is 11.2. The van der Waals surface area contributed by atoms with E-state index in [9.17, 15) is 14.4 Å². The van der Waals surface area contributed by atoms with Crippen LogP contribution in [0.2, 0.25) is 0 Å². The van der Waals surface area contributed by atoms with Crippen molar-refractivity contribution in [2.45, 2.75) is 13.0 Å². The summed E-state index contributed by atoms with van der Waals surface area (Å²) >= 11 is 3.43. The summed E-state index contributed by atoms with van der Waals surface area (Å²) in [5, 5.41) is 12.4. The van der Waals surface area contributed by atoms with Crippen molar-refractivity contribution < 1.29 is 13.9 Å². The first-order valence-corrected chi connectivity index (χ1v) is 12.0. The zero-order chi connectivity index (χ0) is 25.3. The van der Waals surface area contributed by atoms with Gasteiger partial charge in [0.25, 0.3) is 5.91 Å². The molecule has 36 heavy (non-hydrogen) atoms. The van der Waals surface area contributed by atoms with Gasteiger partial charge in [-0.1, -0.05) is 70.5 Å². The van der Waals surface area contributed by atoms with E-state index in [1.807, 2.05) is 48.5 Å². The molecular weight excluding hydrogens is 519 g/mol. The number of nitriles is 1. The molecule has 1 amide bonds. The van der Waals surface area contributed by atoms with Gasteiger partial charge in [-0.05, 0) is 70.8 Å². The molecule has 0 aliphatic rings. The molecule has 0 saturated carbocycles. The predicted octanol–water partition coefficient (Wildman–Crippen LogP) is 7.30. The normalized spacial score (nSPS) is 11.0. The van der Waals surface area contributed by atoms with Crippen molar-refractivity contribution in [2.75, 3.05) is 5.32 Å². The van der Waals surface area contributed by atoms with Gasteiger partial charge in [-0.2, -0.15) is 5.26 Å². The third-order valence-electron chi connectivity index (χ3n) is 5.47. The molecule has 0 bridgehead atoms. The van der Waals surface area contributed by atoms with Crippen LogP contribution in [-0.4, -0.2) is 5.91 Å². The van der Waals surface area contributed by atoms with Gasteiger partial charge in [-0.3, -0.25) is 4.79 Å². The van der Waals surface area contributed by atoms with Crippen LogP contribution in [0.15, 0.2) is 107 Å². The van der Waals surface area contributed by atoms with Gasteiger partial charge in [0.2, 0.25) is 0 Å². The van der Waals surface area contributed by atoms with E-state index in [0.29, 0.717) is 35.6 Å². The highest BCUT2D eigenvalue weighted by Crippen LogP contribution is 2.24. The average Bonchev–Trinajstić information content (AvgIpc) is 2.90. The highest BCUT2D eigenvalue weighted by atomic mass is 79.9. The maximum atomic E-state index is 14.2. The van der Waals surface area contributed by atoms with Gasteiger partial charge in [0, 0.05) is 16.6 Å². The Morgan fingerprint density at radius 3 is 2.39 bits per heavy atom. The fourth-order valence-electron chi connectivity index (χ4n) is 3.59. The molecule has 4 rings (SSSR count). The van der Waals surface area contributed by atoms with Crippen LogP contribution in [-0.2, 0) is 17.8 Å². The highest BCUT2D eigenvalue weighted by Gasteiger charge is 2.13. The third kappa shape index (κ3) is 6.68. The van der Waals surface area contributed by atoms with Crippen LogP contribution in [0.1, 0.15) is 22.3 Å². The lowest BCUT2D eigenvalue weighted by Crippen LogP contribution is -2.13. The number of nitrogens with zero attached hydrogens (tertiary/aromatic N) is 1. The van der Waals surface area contributed by atoms with Crippen LogP contribution in [0.5, 0.6) is 5.75 Å². The molecular formula is C30H22BrFN2O2. The van der Waals surface area contributed by atoms with Gasteiger partial charge in [-0.15, -0.1) is 0 Å². The van der Waals surface area contributed by atoms with Gasteiger partial charge in [0.1, 0.15) is 29.8 Å². The maximum Gasteiger partial charge on any atom is 0.266 e. The highest BCUT2D eigenvalue weighted by molar-refractivity contribution is 9.10. The second kappa shape index (κ2) is 12.0. The molecule has 0 spiro atoms. The molecule has 0 radical (unpaired) electrons. The second-order valence-electron chi connectivity index (χ2n) is 8.03. The van der Waals surface area contributed by atoms with E-state index in [1.165, 1.54) is 12.1 Å². The Labute approximate surface area is 217 Å². The topological polar surface area (TPSA) is 62.1 Å². The van der Waals surface area contributed by atoms with Crippen molar-refractivity contribution in [1.29, 1.82) is 5.26 Å². The molecule has 0 heterocycles. The van der Waals surface area contributed by atoms with Gasteiger partial charge in [0.15, 0.2) is 0 Å². The number of hydrogen-bond donors (Lipinski definition) is 1. The summed E-state index contributed by atoms with van der Waals surface area (Å²) in [6.45, 7) is 0.440. The lowest BCUT2D eigenvalue weighted by Gasteiger charge is -2.10. The molecule has 1 N–H and O–H groups in total. The molecule has 4 aromatic carbocycles. The number of carbonyl (C=O) groups is 1. The fraction of sp³-hybridized carbons (Fsp3) is 0.0667. The molecule has 4 nitrogen and oxygen atoms in total. The Bertz CT molecular complexity index is 1430. The van der Waals surface area contributed by atoms with Crippen molar-refractivity contribution in [3.63, 3.8) is 0 Å². The Hall–Kier alpha value is -4.21. The van der Waals surface area contributed by atoms with Gasteiger partial charge >= 0.3 is 0 Å². The molecule has 6 heteroatoms. The summed E-state index contributed by atoms with van der Waals surface area (Å²) in [6, 6.07) is 30.8. The summed E-state index contributed by atoms with van der Waals surface area (Å²) in [5.41, 5.74) is 3.52. The van der Waals surface area contributed by atoms with E-state index in [1.54, 1.807) is 48.5 Å². The number of hydrogen-bond acceptors (Lipinski definition) is 3. The number of nitrogens with one attached hydrogen (secondary N) is 1. The average molecular weight is 541 g/mol. The number of rotatable bonds is 8. The lowest BCUT2D eigenvalue weighted by atomic mass is 9.98. The van der Waals surface area contributed by atoms with Crippen LogP contribution in [0.3, 0.4) is 0 Å². The number of ether oxygens (including phenoxy) is 1. The minimum Gasteiger partial charge on any atom is -0.489 e. The standard InChI is InChI=1S/C30H22BrFN2O2/c31-26-11-10-22(16-23-8-4-5-9-29(23)32)24(18-26)17-25(19-33)30(35)34-27-12-14-28(15-13-27)36-20-21-6-2-1-3-7-21/h1-15,17-18H,16,20H2,(H,34,35)/b25-17+. The van der Waals surface area contributed by atoms with E-state index >= 15 is 0 Å². The van der Waals surface area contributed by atoms with Crippen LogP contribution < -0.4 is 10.1 Å². The Morgan fingerprint density at radius 1 is 0.944 bits per heavy atom. The van der Waals surface area contributed by atoms with Crippen molar-refractivity contribution in [3.05, 3.63) is 135 Å². The minimum atomic E-state index is -0.535. The van der Waals surface area contributed by atoms with Crippen LogP contribution in [0, 0.1) is 17.1 Å². The molecule has 0 aliphatic carbocycles.